The van der Waals surface area contributed by atoms with Crippen molar-refractivity contribution in [3.05, 3.63) is 0 Å². The van der Waals surface area contributed by atoms with Gasteiger partial charge >= 0.3 is 6.18 Å². The van der Waals surface area contributed by atoms with Gasteiger partial charge in [-0.25, -0.2) is 0 Å². The fraction of sp³-hybridized carbons (Fsp3) is 0.909. The van der Waals surface area contributed by atoms with Gasteiger partial charge < -0.3 is 10.6 Å². The summed E-state index contributed by atoms with van der Waals surface area (Å²) in [4.78, 5) is 12.5. The average Bonchev–Trinajstić information content (AvgIpc) is 2.08. The van der Waals surface area contributed by atoms with Crippen LogP contribution in [0.15, 0.2) is 0 Å². The number of halogens is 3. The first-order valence-electron chi connectivity index (χ1n) is 5.48. The highest BCUT2D eigenvalue weighted by Crippen LogP contribution is 2.25. The lowest BCUT2D eigenvalue weighted by Gasteiger charge is -2.28. The second-order valence-corrected chi connectivity index (χ2v) is 5.51. The maximum Gasteiger partial charge on any atom is 0.406 e. The van der Waals surface area contributed by atoms with Crippen molar-refractivity contribution >= 4 is 5.91 Å². The van der Waals surface area contributed by atoms with E-state index in [1.54, 1.807) is 0 Å². The summed E-state index contributed by atoms with van der Waals surface area (Å²) in [6.07, 6.45) is -3.89. The van der Waals surface area contributed by atoms with E-state index in [2.05, 4.69) is 0 Å². The van der Waals surface area contributed by atoms with Gasteiger partial charge in [-0.05, 0) is 11.8 Å². The first-order valence-corrected chi connectivity index (χ1v) is 5.48. The smallest absolute Gasteiger partial charge is 0.336 e. The van der Waals surface area contributed by atoms with E-state index in [-0.39, 0.29) is 12.0 Å². The van der Waals surface area contributed by atoms with Crippen LogP contribution < -0.4 is 5.73 Å². The third-order valence-corrected chi connectivity index (χ3v) is 2.29. The molecule has 17 heavy (non-hydrogen) atoms. The fourth-order valence-corrected chi connectivity index (χ4v) is 1.67. The Bertz CT molecular complexity index is 258. The lowest BCUT2D eigenvalue weighted by molar-refractivity contribution is -0.161. The number of hydrogen-bond donors (Lipinski definition) is 1. The van der Waals surface area contributed by atoms with E-state index in [9.17, 15) is 18.0 Å². The molecule has 0 saturated heterocycles. The van der Waals surface area contributed by atoms with Crippen molar-refractivity contribution in [1.82, 2.24) is 4.90 Å². The lowest BCUT2D eigenvalue weighted by Crippen LogP contribution is -2.42. The van der Waals surface area contributed by atoms with Gasteiger partial charge in [0.05, 0.1) is 5.92 Å². The van der Waals surface area contributed by atoms with Crippen LogP contribution in [0.4, 0.5) is 13.2 Å². The highest BCUT2D eigenvalue weighted by atomic mass is 19.4. The Balaban J connectivity index is 4.54. The molecule has 0 rings (SSSR count). The minimum atomic E-state index is -4.37. The molecule has 0 aliphatic rings. The molecule has 6 heteroatoms. The summed E-state index contributed by atoms with van der Waals surface area (Å²) >= 11 is 0. The largest absolute Gasteiger partial charge is 0.406 e. The molecular formula is C11H21F3N2O. The van der Waals surface area contributed by atoms with E-state index in [1.807, 2.05) is 20.8 Å². The predicted octanol–water partition coefficient (Wildman–Crippen LogP) is 2.02. The van der Waals surface area contributed by atoms with Gasteiger partial charge in [-0.2, -0.15) is 13.2 Å². The van der Waals surface area contributed by atoms with Crippen molar-refractivity contribution in [3.63, 3.8) is 0 Å². The molecule has 0 aromatic carbocycles. The van der Waals surface area contributed by atoms with E-state index in [0.29, 0.717) is 11.3 Å². The van der Waals surface area contributed by atoms with Crippen molar-refractivity contribution < 1.29 is 18.0 Å². The number of rotatable bonds is 4. The molecule has 0 aromatic heterocycles. The lowest BCUT2D eigenvalue weighted by atomic mass is 9.84. The molecule has 0 fully saturated rings. The Morgan fingerprint density at radius 3 is 2.06 bits per heavy atom. The molecule has 2 N–H and O–H groups in total. The zero-order chi connectivity index (χ0) is 13.9. The van der Waals surface area contributed by atoms with Crippen molar-refractivity contribution in [2.45, 2.75) is 33.4 Å². The van der Waals surface area contributed by atoms with Crippen molar-refractivity contribution in [2.75, 3.05) is 20.1 Å². The number of nitrogens with zero attached hydrogens (tertiary/aromatic N) is 1. The molecule has 3 nitrogen and oxygen atoms in total. The summed E-state index contributed by atoms with van der Waals surface area (Å²) in [5.41, 5.74) is 5.31. The monoisotopic (exact) mass is 254 g/mol. The molecule has 0 aliphatic heterocycles. The van der Waals surface area contributed by atoms with E-state index < -0.39 is 24.5 Å². The standard InChI is InChI=1S/C11H21F3N2O/c1-10(2,3)5-8(6-15)9(17)16(4)7-11(12,13)14/h8H,5-7,15H2,1-4H3. The molecule has 1 atom stereocenters. The molecule has 0 aromatic rings. The molecule has 1 amide bonds. The summed E-state index contributed by atoms with van der Waals surface area (Å²) in [7, 11) is 1.15. The highest BCUT2D eigenvalue weighted by molar-refractivity contribution is 5.78. The molecule has 0 saturated carbocycles. The molecule has 0 bridgehead atoms. The maximum atomic E-state index is 12.1. The van der Waals surface area contributed by atoms with E-state index in [1.165, 1.54) is 0 Å². The van der Waals surface area contributed by atoms with Gasteiger partial charge in [-0.15, -0.1) is 0 Å². The van der Waals surface area contributed by atoms with Gasteiger partial charge in [-0.3, -0.25) is 4.79 Å². The van der Waals surface area contributed by atoms with E-state index >= 15 is 0 Å². The number of amides is 1. The third kappa shape index (κ3) is 7.20. The number of nitrogens with two attached hydrogens (primary N) is 1. The Morgan fingerprint density at radius 1 is 1.29 bits per heavy atom. The molecule has 0 heterocycles. The highest BCUT2D eigenvalue weighted by Gasteiger charge is 2.34. The van der Waals surface area contributed by atoms with Gasteiger partial charge in [0.25, 0.3) is 0 Å². The topological polar surface area (TPSA) is 46.3 Å². The van der Waals surface area contributed by atoms with Gasteiger partial charge in [-0.1, -0.05) is 20.8 Å². The molecule has 1 unspecified atom stereocenters. The zero-order valence-corrected chi connectivity index (χ0v) is 10.8. The number of carbonyl (C=O) groups excluding carboxylic acids is 1. The van der Waals surface area contributed by atoms with Crippen LogP contribution >= 0.6 is 0 Å². The predicted molar refractivity (Wildman–Crippen MR) is 60.3 cm³/mol. The molecular weight excluding hydrogens is 233 g/mol. The Labute approximate surface area is 100 Å². The normalized spacial score (nSPS) is 14.6. The van der Waals surface area contributed by atoms with Crippen LogP contribution in [-0.2, 0) is 4.79 Å². The molecule has 0 spiro atoms. The van der Waals surface area contributed by atoms with Crippen LogP contribution in [0, 0.1) is 11.3 Å². The summed E-state index contributed by atoms with van der Waals surface area (Å²) in [5.74, 6) is -1.10. The van der Waals surface area contributed by atoms with Crippen molar-refractivity contribution in [1.29, 1.82) is 0 Å². The van der Waals surface area contributed by atoms with Gasteiger partial charge in [0, 0.05) is 13.6 Å². The quantitative estimate of drug-likeness (QED) is 0.834. The van der Waals surface area contributed by atoms with Crippen LogP contribution in [0.3, 0.4) is 0 Å². The minimum Gasteiger partial charge on any atom is -0.336 e. The molecule has 102 valence electrons. The Morgan fingerprint density at radius 2 is 1.76 bits per heavy atom. The Kier molecular flexibility index (Phi) is 5.45. The van der Waals surface area contributed by atoms with Gasteiger partial charge in [0.2, 0.25) is 5.91 Å². The fourth-order valence-electron chi connectivity index (χ4n) is 1.67. The first-order chi connectivity index (χ1) is 7.46. The maximum absolute atomic E-state index is 12.1. The number of alkyl halides is 3. The second kappa shape index (κ2) is 5.71. The third-order valence-electron chi connectivity index (χ3n) is 2.29. The van der Waals surface area contributed by atoms with Crippen molar-refractivity contribution in [3.8, 4) is 0 Å². The summed E-state index contributed by atoms with van der Waals surface area (Å²) in [6, 6.07) is 0. The minimum absolute atomic E-state index is 0.0678. The second-order valence-electron chi connectivity index (χ2n) is 5.51. The van der Waals surface area contributed by atoms with Crippen LogP contribution in [-0.4, -0.2) is 37.1 Å². The van der Waals surface area contributed by atoms with E-state index in [0.717, 1.165) is 7.05 Å². The summed E-state index contributed by atoms with van der Waals surface area (Å²) < 4.78 is 36.4. The molecule has 0 radical (unpaired) electrons. The van der Waals surface area contributed by atoms with Crippen LogP contribution in [0.1, 0.15) is 27.2 Å². The zero-order valence-electron chi connectivity index (χ0n) is 10.8. The average molecular weight is 254 g/mol. The van der Waals surface area contributed by atoms with Crippen LogP contribution in [0.25, 0.3) is 0 Å². The number of hydrogen-bond acceptors (Lipinski definition) is 2. The van der Waals surface area contributed by atoms with Crippen LogP contribution in [0.2, 0.25) is 0 Å². The summed E-state index contributed by atoms with van der Waals surface area (Å²) in [6.45, 7) is 4.61. The van der Waals surface area contributed by atoms with Crippen molar-refractivity contribution in [2.24, 2.45) is 17.1 Å². The van der Waals surface area contributed by atoms with E-state index in [4.69, 9.17) is 5.73 Å². The SMILES string of the molecule is CN(CC(F)(F)F)C(=O)C(CN)CC(C)(C)C. The first kappa shape index (κ1) is 16.2. The molecule has 0 aliphatic carbocycles. The number of carbonyl (C=O) groups is 1. The summed E-state index contributed by atoms with van der Waals surface area (Å²) in [5, 5.41) is 0. The van der Waals surface area contributed by atoms with Gasteiger partial charge in [0.1, 0.15) is 6.54 Å². The Hall–Kier alpha value is -0.780. The van der Waals surface area contributed by atoms with Gasteiger partial charge in [0.15, 0.2) is 0 Å². The van der Waals surface area contributed by atoms with Crippen LogP contribution in [0.5, 0.6) is 0 Å².